The van der Waals surface area contributed by atoms with Crippen molar-refractivity contribution in [2.45, 2.75) is 124 Å². The van der Waals surface area contributed by atoms with Gasteiger partial charge in [0.2, 0.25) is 0 Å². The van der Waals surface area contributed by atoms with E-state index in [0.29, 0.717) is 81.3 Å². The summed E-state index contributed by atoms with van der Waals surface area (Å²) in [4.78, 5) is 59.7. The fraction of sp³-hybridized carbons (Fsp3) is 0.750. The summed E-state index contributed by atoms with van der Waals surface area (Å²) in [5, 5.41) is 23.6. The Kier molecular flexibility index (Phi) is 11.8. The molecule has 2 aromatic rings. The second kappa shape index (κ2) is 15.4. The zero-order chi connectivity index (χ0) is 33.7. The molecule has 2 unspecified atom stereocenters. The zero-order valence-electron chi connectivity index (χ0n) is 28.6. The fourth-order valence-corrected chi connectivity index (χ4v) is 6.42. The third-order valence-electron chi connectivity index (χ3n) is 8.93. The molecule has 4 heterocycles. The molecule has 0 amide bonds. The highest BCUT2D eigenvalue weighted by molar-refractivity contribution is 5.80. The Morgan fingerprint density at radius 3 is 1.65 bits per heavy atom. The normalized spacial score (nSPS) is 15.6. The summed E-state index contributed by atoms with van der Waals surface area (Å²) in [5.74, 6) is 0.887. The summed E-state index contributed by atoms with van der Waals surface area (Å²) in [6.45, 7) is 12.0. The first-order valence-corrected chi connectivity index (χ1v) is 17.1. The lowest BCUT2D eigenvalue weighted by atomic mass is 10.2. The van der Waals surface area contributed by atoms with Crippen molar-refractivity contribution in [2.75, 3.05) is 46.2 Å². The van der Waals surface area contributed by atoms with Gasteiger partial charge in [-0.25, -0.2) is 19.6 Å². The molecule has 0 fully saturated rings. The van der Waals surface area contributed by atoms with Gasteiger partial charge in [-0.1, -0.05) is 33.6 Å². The number of anilines is 4. The molecule has 0 spiro atoms. The SMILES string of the molecule is CCCCn1c2c(c(=O)n(CCCC)c1=O)N(CCC(C)O)CN2N1CN(CCC)c2c1n(C)c(=O)n(CCCCC(C)O)c2=O. The highest BCUT2D eigenvalue weighted by Crippen LogP contribution is 2.40. The standard InChI is InChI=1S/C32H54N8O6/c1-7-10-17-36-28-26(30(44)38(32(36)46)18-11-8-2)35(20-15-24(5)42)22-40(28)39-21-34(16-9-3)25-27(39)33(6)31(45)37(29(25)43)19-13-12-14-23(4)41/h23-24,41-42H,7-22H2,1-6H3. The maximum absolute atomic E-state index is 14.1. The monoisotopic (exact) mass is 646 g/mol. The van der Waals surface area contributed by atoms with Crippen LogP contribution in [0.15, 0.2) is 19.2 Å². The van der Waals surface area contributed by atoms with Crippen molar-refractivity contribution in [3.63, 3.8) is 0 Å². The quantitative estimate of drug-likeness (QED) is 0.245. The lowest BCUT2D eigenvalue weighted by Crippen LogP contribution is -2.50. The molecule has 2 N–H and O–H groups in total. The highest BCUT2D eigenvalue weighted by Gasteiger charge is 2.43. The summed E-state index contributed by atoms with van der Waals surface area (Å²) in [7, 11) is 1.66. The molecule has 0 aliphatic carbocycles. The number of aliphatic hydroxyl groups excluding tert-OH is 2. The number of hydrogen-bond donors (Lipinski definition) is 2. The fourth-order valence-electron chi connectivity index (χ4n) is 6.42. The van der Waals surface area contributed by atoms with Crippen molar-refractivity contribution < 1.29 is 10.2 Å². The first kappa shape index (κ1) is 35.3. The number of hydrogen-bond acceptors (Lipinski definition) is 10. The van der Waals surface area contributed by atoms with Crippen LogP contribution in [0.5, 0.6) is 0 Å². The van der Waals surface area contributed by atoms with Crippen molar-refractivity contribution in [3.8, 4) is 0 Å². The summed E-state index contributed by atoms with van der Waals surface area (Å²) in [6.07, 6.45) is 5.14. The second-order valence-electron chi connectivity index (χ2n) is 12.8. The predicted molar refractivity (Wildman–Crippen MR) is 182 cm³/mol. The van der Waals surface area contributed by atoms with Crippen LogP contribution in [0.25, 0.3) is 0 Å². The molecule has 14 heteroatoms. The molecule has 2 aliphatic rings. The maximum Gasteiger partial charge on any atom is 0.332 e. The van der Waals surface area contributed by atoms with Crippen LogP contribution in [0.2, 0.25) is 0 Å². The van der Waals surface area contributed by atoms with Crippen LogP contribution in [-0.2, 0) is 26.7 Å². The molecule has 46 heavy (non-hydrogen) atoms. The van der Waals surface area contributed by atoms with Gasteiger partial charge < -0.3 is 20.0 Å². The molecule has 2 atom stereocenters. The van der Waals surface area contributed by atoms with Gasteiger partial charge in [-0.2, -0.15) is 0 Å². The second-order valence-corrected chi connectivity index (χ2v) is 12.8. The summed E-state index contributed by atoms with van der Waals surface area (Å²) in [5.41, 5.74) is -0.704. The lowest BCUT2D eigenvalue weighted by molar-refractivity contribution is 0.180. The number of aromatic nitrogens is 4. The van der Waals surface area contributed by atoms with Crippen LogP contribution in [0.4, 0.5) is 23.0 Å². The number of fused-ring (bicyclic) bond motifs is 2. The molecule has 2 aliphatic heterocycles. The Morgan fingerprint density at radius 2 is 1.09 bits per heavy atom. The molecule has 0 radical (unpaired) electrons. The summed E-state index contributed by atoms with van der Waals surface area (Å²) >= 11 is 0. The van der Waals surface area contributed by atoms with Gasteiger partial charge in [0.25, 0.3) is 11.1 Å². The molecule has 14 nitrogen and oxygen atoms in total. The van der Waals surface area contributed by atoms with Crippen molar-refractivity contribution in [1.82, 2.24) is 18.3 Å². The average molecular weight is 647 g/mol. The van der Waals surface area contributed by atoms with Crippen LogP contribution in [0.1, 0.15) is 92.4 Å². The molecule has 0 saturated carbocycles. The minimum Gasteiger partial charge on any atom is -0.393 e. The Bertz CT molecular complexity index is 1590. The predicted octanol–water partition coefficient (Wildman–Crippen LogP) is 1.99. The van der Waals surface area contributed by atoms with E-state index in [1.54, 1.807) is 25.5 Å². The van der Waals surface area contributed by atoms with E-state index >= 15 is 0 Å². The third-order valence-corrected chi connectivity index (χ3v) is 8.93. The molecule has 0 bridgehead atoms. The molecule has 4 rings (SSSR count). The first-order chi connectivity index (χ1) is 22.0. The molecular formula is C32H54N8O6. The van der Waals surface area contributed by atoms with E-state index in [-0.39, 0.29) is 36.7 Å². The van der Waals surface area contributed by atoms with E-state index in [4.69, 9.17) is 0 Å². The van der Waals surface area contributed by atoms with Gasteiger partial charge in [-0.15, -0.1) is 0 Å². The molecule has 2 aromatic heterocycles. The van der Waals surface area contributed by atoms with E-state index in [1.165, 1.54) is 13.7 Å². The van der Waals surface area contributed by atoms with Gasteiger partial charge >= 0.3 is 11.4 Å². The first-order valence-electron chi connectivity index (χ1n) is 17.1. The Hall–Kier alpha value is -3.52. The van der Waals surface area contributed by atoms with Gasteiger partial charge in [0.15, 0.2) is 11.6 Å². The van der Waals surface area contributed by atoms with Crippen molar-refractivity contribution in [1.29, 1.82) is 0 Å². The van der Waals surface area contributed by atoms with Crippen LogP contribution >= 0.6 is 0 Å². The van der Waals surface area contributed by atoms with Crippen molar-refractivity contribution in [3.05, 3.63) is 41.7 Å². The number of rotatable bonds is 17. The number of hydrazine groups is 1. The maximum atomic E-state index is 14.1. The lowest BCUT2D eigenvalue weighted by Gasteiger charge is -2.33. The summed E-state index contributed by atoms with van der Waals surface area (Å²) < 4.78 is 5.80. The molecular weight excluding hydrogens is 592 g/mol. The van der Waals surface area contributed by atoms with E-state index in [0.717, 1.165) is 25.7 Å². The Morgan fingerprint density at radius 1 is 0.587 bits per heavy atom. The molecule has 0 saturated heterocycles. The van der Waals surface area contributed by atoms with Gasteiger partial charge in [0, 0.05) is 39.8 Å². The minimum absolute atomic E-state index is 0.219. The number of unbranched alkanes of at least 4 members (excludes halogenated alkanes) is 3. The number of aliphatic hydroxyl groups is 2. The Labute approximate surface area is 270 Å². The van der Waals surface area contributed by atoms with E-state index < -0.39 is 17.9 Å². The van der Waals surface area contributed by atoms with Crippen molar-refractivity contribution >= 4 is 23.0 Å². The zero-order valence-corrected chi connectivity index (χ0v) is 28.6. The topological polar surface area (TPSA) is 141 Å². The van der Waals surface area contributed by atoms with Gasteiger partial charge in [0.05, 0.1) is 12.2 Å². The summed E-state index contributed by atoms with van der Waals surface area (Å²) in [6, 6.07) is 0. The smallest absolute Gasteiger partial charge is 0.332 e. The van der Waals surface area contributed by atoms with E-state index in [2.05, 4.69) is 6.92 Å². The van der Waals surface area contributed by atoms with Crippen LogP contribution in [0, 0.1) is 0 Å². The van der Waals surface area contributed by atoms with E-state index in [9.17, 15) is 29.4 Å². The van der Waals surface area contributed by atoms with E-state index in [1.807, 2.05) is 33.7 Å². The van der Waals surface area contributed by atoms with Gasteiger partial charge in [-0.05, 0) is 58.8 Å². The van der Waals surface area contributed by atoms with Crippen LogP contribution < -0.4 is 42.3 Å². The highest BCUT2D eigenvalue weighted by atomic mass is 16.3. The number of nitrogens with zero attached hydrogens (tertiary/aromatic N) is 8. The largest absolute Gasteiger partial charge is 0.393 e. The van der Waals surface area contributed by atoms with Gasteiger partial charge in [-0.3, -0.25) is 27.9 Å². The minimum atomic E-state index is -0.585. The molecule has 258 valence electrons. The van der Waals surface area contributed by atoms with Crippen molar-refractivity contribution in [2.24, 2.45) is 7.05 Å². The van der Waals surface area contributed by atoms with Gasteiger partial charge in [0.1, 0.15) is 24.7 Å². The Balaban J connectivity index is 1.91. The van der Waals surface area contributed by atoms with Crippen LogP contribution in [-0.4, -0.2) is 67.1 Å². The average Bonchev–Trinajstić information content (AvgIpc) is 3.57. The van der Waals surface area contributed by atoms with Crippen LogP contribution in [0.3, 0.4) is 0 Å². The molecule has 0 aromatic carbocycles. The third kappa shape index (κ3) is 6.92.